The maximum Gasteiger partial charge on any atom is 0.267 e. The number of nitrogen functional groups attached to an aromatic ring is 1. The van der Waals surface area contributed by atoms with Crippen LogP contribution in [0.3, 0.4) is 0 Å². The van der Waals surface area contributed by atoms with Gasteiger partial charge in [-0.3, -0.25) is 4.79 Å². The number of para-hydroxylation sites is 1. The van der Waals surface area contributed by atoms with E-state index in [4.69, 9.17) is 5.73 Å². The third-order valence-corrected chi connectivity index (χ3v) is 4.67. The fourth-order valence-corrected chi connectivity index (χ4v) is 3.27. The lowest BCUT2D eigenvalue weighted by Gasteiger charge is -2.33. The monoisotopic (exact) mass is 285 g/mol. The molecule has 0 atom stereocenters. The van der Waals surface area contributed by atoms with E-state index in [0.29, 0.717) is 11.4 Å². The van der Waals surface area contributed by atoms with Crippen molar-refractivity contribution in [1.29, 1.82) is 0 Å². The third kappa shape index (κ3) is 2.89. The number of nitrogens with one attached hydrogen (secondary N) is 2. The normalized spacial score (nSPS) is 17.8. The summed E-state index contributed by atoms with van der Waals surface area (Å²) in [5.74, 6) is -0.0441. The van der Waals surface area contributed by atoms with Crippen molar-refractivity contribution in [2.24, 2.45) is 5.41 Å². The van der Waals surface area contributed by atoms with Gasteiger partial charge in [-0.2, -0.15) is 0 Å². The van der Waals surface area contributed by atoms with Gasteiger partial charge >= 0.3 is 0 Å². The molecule has 0 unspecified atom stereocenters. The molecular weight excluding hydrogens is 262 g/mol. The van der Waals surface area contributed by atoms with Crippen LogP contribution in [-0.4, -0.2) is 17.4 Å². The Morgan fingerprint density at radius 3 is 2.81 bits per heavy atom. The first-order chi connectivity index (χ1) is 10.1. The number of hydrogen-bond donors (Lipinski definition) is 3. The number of aromatic nitrogens is 1. The predicted octanol–water partition coefficient (Wildman–Crippen LogP) is 3.45. The topological polar surface area (TPSA) is 70.9 Å². The Morgan fingerprint density at radius 1 is 1.33 bits per heavy atom. The second-order valence-corrected chi connectivity index (χ2v) is 6.55. The van der Waals surface area contributed by atoms with Crippen LogP contribution in [0.1, 0.15) is 49.5 Å². The lowest BCUT2D eigenvalue weighted by molar-refractivity contribution is 0.0915. The molecule has 21 heavy (non-hydrogen) atoms. The smallest absolute Gasteiger partial charge is 0.267 e. The van der Waals surface area contributed by atoms with Crippen LogP contribution in [-0.2, 0) is 0 Å². The molecule has 0 aliphatic heterocycles. The second kappa shape index (κ2) is 5.43. The number of rotatable bonds is 3. The summed E-state index contributed by atoms with van der Waals surface area (Å²) in [5.41, 5.74) is 8.26. The first kappa shape index (κ1) is 14.0. The lowest BCUT2D eigenvalue weighted by Crippen LogP contribution is -2.37. The number of nitrogens with two attached hydrogens (primary N) is 1. The van der Waals surface area contributed by atoms with Crippen LogP contribution in [0.2, 0.25) is 0 Å². The minimum atomic E-state index is -0.0441. The molecule has 1 amide bonds. The van der Waals surface area contributed by atoms with Gasteiger partial charge in [0.1, 0.15) is 5.69 Å². The Bertz CT molecular complexity index is 653. The average molecular weight is 285 g/mol. The van der Waals surface area contributed by atoms with Gasteiger partial charge in [-0.05, 0) is 30.4 Å². The number of carbonyl (C=O) groups excluding carboxylic acids is 1. The Balaban J connectivity index is 1.70. The van der Waals surface area contributed by atoms with E-state index < -0.39 is 0 Å². The van der Waals surface area contributed by atoms with Gasteiger partial charge < -0.3 is 16.0 Å². The van der Waals surface area contributed by atoms with Crippen LogP contribution in [0.4, 0.5) is 5.69 Å². The SMILES string of the molecule is CC1(CNC(=O)c2cc3cccc(N)c3[nH]2)CCCCC1. The molecule has 1 saturated carbocycles. The van der Waals surface area contributed by atoms with Gasteiger partial charge in [0, 0.05) is 11.9 Å². The maximum atomic E-state index is 12.3. The molecule has 1 fully saturated rings. The predicted molar refractivity (Wildman–Crippen MR) is 86.2 cm³/mol. The molecular formula is C17H23N3O. The van der Waals surface area contributed by atoms with E-state index in [1.807, 2.05) is 24.3 Å². The quantitative estimate of drug-likeness (QED) is 0.756. The standard InChI is InChI=1S/C17H23N3O/c1-17(8-3-2-4-9-17)11-19-16(21)14-10-12-6-5-7-13(18)15(12)20-14/h5-7,10,20H,2-4,8-9,11,18H2,1H3,(H,19,21). The van der Waals surface area contributed by atoms with E-state index in [9.17, 15) is 4.79 Å². The summed E-state index contributed by atoms with van der Waals surface area (Å²) >= 11 is 0. The molecule has 0 bridgehead atoms. The minimum absolute atomic E-state index is 0.0441. The van der Waals surface area contributed by atoms with Gasteiger partial charge in [0.15, 0.2) is 0 Å². The van der Waals surface area contributed by atoms with Gasteiger partial charge in [0.25, 0.3) is 5.91 Å². The molecule has 4 nitrogen and oxygen atoms in total. The average Bonchev–Trinajstić information content (AvgIpc) is 2.91. The summed E-state index contributed by atoms with van der Waals surface area (Å²) in [6, 6.07) is 7.56. The van der Waals surface area contributed by atoms with Crippen molar-refractivity contribution < 1.29 is 4.79 Å². The van der Waals surface area contributed by atoms with Gasteiger partial charge in [-0.15, -0.1) is 0 Å². The molecule has 1 aromatic carbocycles. The number of H-pyrrole nitrogens is 1. The molecule has 0 spiro atoms. The first-order valence-electron chi connectivity index (χ1n) is 7.73. The fraction of sp³-hybridized carbons (Fsp3) is 0.471. The van der Waals surface area contributed by atoms with Gasteiger partial charge in [0.2, 0.25) is 0 Å². The first-order valence-corrected chi connectivity index (χ1v) is 7.73. The molecule has 1 aromatic heterocycles. The number of amides is 1. The molecule has 4 heteroatoms. The summed E-state index contributed by atoms with van der Waals surface area (Å²) in [7, 11) is 0. The zero-order valence-electron chi connectivity index (χ0n) is 12.5. The van der Waals surface area contributed by atoms with Crippen LogP contribution in [0.25, 0.3) is 10.9 Å². The highest BCUT2D eigenvalue weighted by Crippen LogP contribution is 2.35. The van der Waals surface area contributed by atoms with Crippen LogP contribution >= 0.6 is 0 Å². The number of fused-ring (bicyclic) bond motifs is 1. The van der Waals surface area contributed by atoms with Gasteiger partial charge in [0.05, 0.1) is 11.2 Å². The fourth-order valence-electron chi connectivity index (χ4n) is 3.27. The van der Waals surface area contributed by atoms with E-state index in [-0.39, 0.29) is 11.3 Å². The molecule has 4 N–H and O–H groups in total. The Hall–Kier alpha value is -1.97. The molecule has 1 aliphatic carbocycles. The molecule has 0 radical (unpaired) electrons. The van der Waals surface area contributed by atoms with E-state index in [0.717, 1.165) is 17.4 Å². The summed E-state index contributed by atoms with van der Waals surface area (Å²) in [5, 5.41) is 4.05. The molecule has 1 aliphatic rings. The molecule has 1 heterocycles. The minimum Gasteiger partial charge on any atom is -0.397 e. The maximum absolute atomic E-state index is 12.3. The van der Waals surface area contributed by atoms with E-state index in [1.54, 1.807) is 0 Å². The summed E-state index contributed by atoms with van der Waals surface area (Å²) < 4.78 is 0. The summed E-state index contributed by atoms with van der Waals surface area (Å²) in [6.07, 6.45) is 6.27. The van der Waals surface area contributed by atoms with Crippen molar-refractivity contribution >= 4 is 22.5 Å². The molecule has 2 aromatic rings. The summed E-state index contributed by atoms with van der Waals surface area (Å²) in [4.78, 5) is 15.5. The van der Waals surface area contributed by atoms with Crippen molar-refractivity contribution in [3.63, 3.8) is 0 Å². The highest BCUT2D eigenvalue weighted by molar-refractivity contribution is 6.00. The molecule has 0 saturated heterocycles. The van der Waals surface area contributed by atoms with Crippen molar-refractivity contribution in [2.75, 3.05) is 12.3 Å². The molecule has 112 valence electrons. The van der Waals surface area contributed by atoms with Crippen LogP contribution in [0, 0.1) is 5.41 Å². The molecule has 3 rings (SSSR count). The van der Waals surface area contributed by atoms with E-state index in [1.165, 1.54) is 32.1 Å². The Labute approximate surface area is 125 Å². The zero-order valence-corrected chi connectivity index (χ0v) is 12.5. The van der Waals surface area contributed by atoms with Crippen molar-refractivity contribution in [3.8, 4) is 0 Å². The third-order valence-electron chi connectivity index (χ3n) is 4.67. The van der Waals surface area contributed by atoms with Crippen LogP contribution in [0.5, 0.6) is 0 Å². The van der Waals surface area contributed by atoms with Crippen LogP contribution < -0.4 is 11.1 Å². The van der Waals surface area contributed by atoms with Crippen molar-refractivity contribution in [3.05, 3.63) is 30.0 Å². The highest BCUT2D eigenvalue weighted by atomic mass is 16.1. The van der Waals surface area contributed by atoms with Crippen molar-refractivity contribution in [2.45, 2.75) is 39.0 Å². The number of carbonyl (C=O) groups is 1. The summed E-state index contributed by atoms with van der Waals surface area (Å²) in [6.45, 7) is 3.02. The Morgan fingerprint density at radius 2 is 2.10 bits per heavy atom. The van der Waals surface area contributed by atoms with E-state index in [2.05, 4.69) is 17.2 Å². The van der Waals surface area contributed by atoms with Gasteiger partial charge in [-0.1, -0.05) is 38.3 Å². The van der Waals surface area contributed by atoms with E-state index >= 15 is 0 Å². The lowest BCUT2D eigenvalue weighted by atomic mass is 9.76. The van der Waals surface area contributed by atoms with Crippen molar-refractivity contribution in [1.82, 2.24) is 10.3 Å². The second-order valence-electron chi connectivity index (χ2n) is 6.55. The van der Waals surface area contributed by atoms with Crippen LogP contribution in [0.15, 0.2) is 24.3 Å². The zero-order chi connectivity index (χ0) is 14.9. The number of anilines is 1. The largest absolute Gasteiger partial charge is 0.397 e. The Kier molecular flexibility index (Phi) is 3.62. The number of hydrogen-bond acceptors (Lipinski definition) is 2. The van der Waals surface area contributed by atoms with Gasteiger partial charge in [-0.25, -0.2) is 0 Å². The number of benzene rings is 1. The highest BCUT2D eigenvalue weighted by Gasteiger charge is 2.27. The number of aromatic amines is 1.